The number of thiophene rings is 1. The molecule has 21 heavy (non-hydrogen) atoms. The molecule has 0 saturated heterocycles. The first-order valence-electron chi connectivity index (χ1n) is 5.99. The molecule has 9 heteroatoms. The lowest BCUT2D eigenvalue weighted by atomic mass is 10.4. The van der Waals surface area contributed by atoms with E-state index in [0.717, 1.165) is 15.6 Å². The minimum absolute atomic E-state index is 0.0106. The molecule has 0 atom stereocenters. The van der Waals surface area contributed by atoms with Crippen molar-refractivity contribution in [3.8, 4) is 0 Å². The maximum atomic E-state index is 12.5. The van der Waals surface area contributed by atoms with Crippen molar-refractivity contribution in [2.45, 2.75) is 18.4 Å². The molecular formula is C12H15N3O4S2. The number of carboxylic acid groups (broad SMARTS) is 1. The third-order valence-electron chi connectivity index (χ3n) is 3.06. The number of carbonyl (C=O) groups is 1. The lowest BCUT2D eigenvalue weighted by molar-refractivity contribution is 0.0702. The van der Waals surface area contributed by atoms with Gasteiger partial charge in [0.2, 0.25) is 10.0 Å². The Kier molecular flexibility index (Phi) is 4.17. The molecule has 114 valence electrons. The minimum atomic E-state index is -3.75. The number of aromatic nitrogens is 2. The monoisotopic (exact) mass is 329 g/mol. The van der Waals surface area contributed by atoms with Crippen LogP contribution in [0.5, 0.6) is 0 Å². The SMILES string of the molecule is Cc1sc(C(=O)O)cc1S(=O)(=O)N(C)Cc1nccn1C. The molecule has 0 aliphatic carbocycles. The summed E-state index contributed by atoms with van der Waals surface area (Å²) in [5, 5.41) is 8.96. The molecule has 2 aromatic rings. The van der Waals surface area contributed by atoms with Crippen LogP contribution < -0.4 is 0 Å². The van der Waals surface area contributed by atoms with Crippen molar-refractivity contribution in [3.05, 3.63) is 34.0 Å². The largest absolute Gasteiger partial charge is 0.477 e. The molecule has 0 unspecified atom stereocenters. The molecule has 2 heterocycles. The predicted molar refractivity (Wildman–Crippen MR) is 77.9 cm³/mol. The molecule has 0 aliphatic heterocycles. The van der Waals surface area contributed by atoms with Gasteiger partial charge in [0.05, 0.1) is 11.4 Å². The summed E-state index contributed by atoms with van der Waals surface area (Å²) in [5.41, 5.74) is 0. The van der Waals surface area contributed by atoms with Crippen LogP contribution in [0.25, 0.3) is 0 Å². The van der Waals surface area contributed by atoms with Gasteiger partial charge in [0.1, 0.15) is 10.7 Å². The summed E-state index contributed by atoms with van der Waals surface area (Å²) in [4.78, 5) is 15.5. The normalized spacial score (nSPS) is 12.0. The molecule has 0 fully saturated rings. The second kappa shape index (κ2) is 5.58. The fraction of sp³-hybridized carbons (Fsp3) is 0.333. The molecule has 0 aliphatic rings. The maximum Gasteiger partial charge on any atom is 0.345 e. The van der Waals surface area contributed by atoms with Gasteiger partial charge in [-0.1, -0.05) is 0 Å². The van der Waals surface area contributed by atoms with Gasteiger partial charge in [-0.25, -0.2) is 18.2 Å². The average Bonchev–Trinajstić information content (AvgIpc) is 2.96. The molecule has 0 spiro atoms. The van der Waals surface area contributed by atoms with Gasteiger partial charge in [-0.3, -0.25) is 0 Å². The topological polar surface area (TPSA) is 92.5 Å². The molecule has 2 rings (SSSR count). The quantitative estimate of drug-likeness (QED) is 0.893. The van der Waals surface area contributed by atoms with Crippen molar-refractivity contribution in [1.82, 2.24) is 13.9 Å². The van der Waals surface area contributed by atoms with Crippen molar-refractivity contribution >= 4 is 27.3 Å². The summed E-state index contributed by atoms with van der Waals surface area (Å²) >= 11 is 0.952. The Bertz CT molecular complexity index is 776. The van der Waals surface area contributed by atoms with E-state index in [1.165, 1.54) is 13.1 Å². The summed E-state index contributed by atoms with van der Waals surface area (Å²) in [5.74, 6) is -0.524. The fourth-order valence-corrected chi connectivity index (χ4v) is 4.35. The van der Waals surface area contributed by atoms with Gasteiger partial charge in [-0.2, -0.15) is 4.31 Å². The zero-order valence-electron chi connectivity index (χ0n) is 11.8. The summed E-state index contributed by atoms with van der Waals surface area (Å²) in [6.45, 7) is 1.71. The van der Waals surface area contributed by atoms with Crippen LogP contribution in [0.4, 0.5) is 0 Å². The van der Waals surface area contributed by atoms with Crippen LogP contribution in [0, 0.1) is 6.92 Å². The van der Waals surface area contributed by atoms with E-state index in [-0.39, 0.29) is 16.3 Å². The maximum absolute atomic E-state index is 12.5. The van der Waals surface area contributed by atoms with Crippen LogP contribution in [0.2, 0.25) is 0 Å². The zero-order valence-corrected chi connectivity index (χ0v) is 13.4. The van der Waals surface area contributed by atoms with Crippen LogP contribution in [-0.4, -0.2) is 40.4 Å². The number of sulfonamides is 1. The molecule has 1 N–H and O–H groups in total. The Morgan fingerprint density at radius 1 is 1.52 bits per heavy atom. The fourth-order valence-electron chi connectivity index (χ4n) is 1.83. The van der Waals surface area contributed by atoms with E-state index >= 15 is 0 Å². The van der Waals surface area contributed by atoms with Gasteiger partial charge in [-0.05, 0) is 13.0 Å². The number of hydrogen-bond acceptors (Lipinski definition) is 5. The zero-order chi connectivity index (χ0) is 15.8. The minimum Gasteiger partial charge on any atom is -0.477 e. The molecule has 2 aromatic heterocycles. The summed E-state index contributed by atoms with van der Waals surface area (Å²) in [6.07, 6.45) is 3.32. The first kappa shape index (κ1) is 15.7. The van der Waals surface area contributed by atoms with Gasteiger partial charge in [0, 0.05) is 31.4 Å². The van der Waals surface area contributed by atoms with E-state index < -0.39 is 16.0 Å². The Balaban J connectivity index is 2.33. The second-order valence-electron chi connectivity index (χ2n) is 4.55. The smallest absolute Gasteiger partial charge is 0.345 e. The first-order valence-corrected chi connectivity index (χ1v) is 8.25. The standard InChI is InChI=1S/C12H15N3O4S2/c1-8-10(6-9(20-8)12(16)17)21(18,19)15(3)7-11-13-4-5-14(11)2/h4-6H,7H2,1-3H3,(H,16,17). The Morgan fingerprint density at radius 2 is 2.19 bits per heavy atom. The van der Waals surface area contributed by atoms with E-state index in [1.807, 2.05) is 0 Å². The molecule has 7 nitrogen and oxygen atoms in total. The highest BCUT2D eigenvalue weighted by atomic mass is 32.2. The highest BCUT2D eigenvalue weighted by molar-refractivity contribution is 7.89. The molecule has 0 saturated carbocycles. The van der Waals surface area contributed by atoms with Gasteiger partial charge >= 0.3 is 5.97 Å². The van der Waals surface area contributed by atoms with E-state index in [0.29, 0.717) is 10.7 Å². The lowest BCUT2D eigenvalue weighted by Gasteiger charge is -2.16. The molecule has 0 radical (unpaired) electrons. The first-order chi connectivity index (χ1) is 9.73. The van der Waals surface area contributed by atoms with E-state index in [9.17, 15) is 13.2 Å². The third-order valence-corrected chi connectivity index (χ3v) is 6.15. The van der Waals surface area contributed by atoms with Crippen molar-refractivity contribution < 1.29 is 18.3 Å². The van der Waals surface area contributed by atoms with Crippen LogP contribution in [-0.2, 0) is 23.6 Å². The highest BCUT2D eigenvalue weighted by Gasteiger charge is 2.27. The van der Waals surface area contributed by atoms with Crippen molar-refractivity contribution in [2.75, 3.05) is 7.05 Å². The summed E-state index contributed by atoms with van der Waals surface area (Å²) in [6, 6.07) is 1.20. The van der Waals surface area contributed by atoms with Gasteiger partial charge in [0.15, 0.2) is 0 Å². The molecule has 0 aromatic carbocycles. The second-order valence-corrected chi connectivity index (χ2v) is 7.82. The Labute approximate surface area is 126 Å². The number of nitrogens with zero attached hydrogens (tertiary/aromatic N) is 3. The van der Waals surface area contributed by atoms with Crippen LogP contribution in [0.1, 0.15) is 20.4 Å². The highest BCUT2D eigenvalue weighted by Crippen LogP contribution is 2.28. The lowest BCUT2D eigenvalue weighted by Crippen LogP contribution is -2.27. The van der Waals surface area contributed by atoms with Crippen LogP contribution in [0.15, 0.2) is 23.4 Å². The van der Waals surface area contributed by atoms with Gasteiger partial charge < -0.3 is 9.67 Å². The Morgan fingerprint density at radius 3 is 2.67 bits per heavy atom. The predicted octanol–water partition coefficient (Wildman–Crippen LogP) is 1.31. The number of rotatable bonds is 5. The van der Waals surface area contributed by atoms with Gasteiger partial charge in [-0.15, -0.1) is 11.3 Å². The van der Waals surface area contributed by atoms with Crippen LogP contribution in [0.3, 0.4) is 0 Å². The van der Waals surface area contributed by atoms with E-state index in [4.69, 9.17) is 5.11 Å². The van der Waals surface area contributed by atoms with Crippen molar-refractivity contribution in [3.63, 3.8) is 0 Å². The third kappa shape index (κ3) is 2.99. The average molecular weight is 329 g/mol. The number of imidazole rings is 1. The van der Waals surface area contributed by atoms with Crippen LogP contribution >= 0.6 is 11.3 Å². The molecular weight excluding hydrogens is 314 g/mol. The summed E-state index contributed by atoms with van der Waals surface area (Å²) < 4.78 is 28.0. The van der Waals surface area contributed by atoms with E-state index in [2.05, 4.69) is 4.98 Å². The number of aryl methyl sites for hydroxylation is 2. The van der Waals surface area contributed by atoms with Crippen molar-refractivity contribution in [1.29, 1.82) is 0 Å². The van der Waals surface area contributed by atoms with E-state index in [1.54, 1.807) is 30.9 Å². The van der Waals surface area contributed by atoms with Crippen molar-refractivity contribution in [2.24, 2.45) is 7.05 Å². The molecule has 0 amide bonds. The van der Waals surface area contributed by atoms with Gasteiger partial charge in [0.25, 0.3) is 0 Å². The number of hydrogen-bond donors (Lipinski definition) is 1. The summed E-state index contributed by atoms with van der Waals surface area (Å²) in [7, 11) is -0.523. The number of aromatic carboxylic acids is 1. The molecule has 0 bridgehead atoms. The Hall–Kier alpha value is -1.71. The number of carboxylic acids is 1.